The number of fused-ring (bicyclic) bond motifs is 1. The summed E-state index contributed by atoms with van der Waals surface area (Å²) in [6.45, 7) is -0.0263. The number of nitrogens with one attached hydrogen (secondary N) is 2. The summed E-state index contributed by atoms with van der Waals surface area (Å²) in [4.78, 5) is 45.1. The van der Waals surface area contributed by atoms with Crippen LogP contribution in [-0.2, 0) is 12.7 Å². The molecule has 1 aromatic carbocycles. The third kappa shape index (κ3) is 4.75. The van der Waals surface area contributed by atoms with Gasteiger partial charge in [-0.15, -0.1) is 11.3 Å². The van der Waals surface area contributed by atoms with Gasteiger partial charge in [-0.25, -0.2) is 9.36 Å². The van der Waals surface area contributed by atoms with Gasteiger partial charge < -0.3 is 19.8 Å². The highest BCUT2D eigenvalue weighted by Gasteiger charge is 2.30. The van der Waals surface area contributed by atoms with Crippen molar-refractivity contribution in [1.82, 2.24) is 19.9 Å². The number of hydrogen-bond acceptors (Lipinski definition) is 7. The minimum Gasteiger partial charge on any atom is -0.491 e. The number of carbonyl (C=O) groups is 1. The number of rotatable bonds is 6. The van der Waals surface area contributed by atoms with Crippen LogP contribution in [0.3, 0.4) is 0 Å². The number of carbonyl (C=O) groups excluding carboxylic acids is 1. The lowest BCUT2D eigenvalue weighted by Gasteiger charge is -2.09. The molecule has 2 N–H and O–H groups in total. The number of pyridine rings is 1. The Hall–Kier alpha value is -4.13. The van der Waals surface area contributed by atoms with E-state index in [0.717, 1.165) is 28.0 Å². The summed E-state index contributed by atoms with van der Waals surface area (Å²) in [7, 11) is 2.78. The summed E-state index contributed by atoms with van der Waals surface area (Å²) in [5, 5.41) is 2.59. The van der Waals surface area contributed by atoms with Gasteiger partial charge in [-0.2, -0.15) is 18.2 Å². The normalized spacial score (nSPS) is 11.5. The molecule has 0 aliphatic heterocycles. The Labute approximate surface area is 198 Å². The molecule has 13 heteroatoms. The van der Waals surface area contributed by atoms with E-state index in [1.54, 1.807) is 0 Å². The molecule has 182 valence electrons. The number of aromatic amines is 1. The molecule has 0 aliphatic carbocycles. The van der Waals surface area contributed by atoms with Gasteiger partial charge in [0.1, 0.15) is 10.5 Å². The summed E-state index contributed by atoms with van der Waals surface area (Å²) >= 11 is 0.860. The molecule has 35 heavy (non-hydrogen) atoms. The number of aromatic nitrogens is 3. The zero-order chi connectivity index (χ0) is 25.3. The van der Waals surface area contributed by atoms with E-state index in [4.69, 9.17) is 9.47 Å². The maximum atomic E-state index is 13.0. The van der Waals surface area contributed by atoms with E-state index >= 15 is 0 Å². The molecule has 1 amide bonds. The molecular formula is C22H17F3N4O5S. The summed E-state index contributed by atoms with van der Waals surface area (Å²) < 4.78 is 49.2. The Kier molecular flexibility index (Phi) is 6.35. The number of nitrogens with zero attached hydrogens (tertiary/aromatic N) is 2. The van der Waals surface area contributed by atoms with Crippen molar-refractivity contribution >= 4 is 27.5 Å². The van der Waals surface area contributed by atoms with Crippen molar-refractivity contribution in [3.05, 3.63) is 79.3 Å². The highest BCUT2D eigenvalue weighted by Crippen LogP contribution is 2.29. The molecule has 0 unspecified atom stereocenters. The molecule has 0 fully saturated rings. The first-order chi connectivity index (χ1) is 16.6. The standard InChI is InChI=1S/C22H17F3N4O5S/c1-33-14-7-8-16(28-19(14)34-2)29-20(31)17-13(27-21(29)32)9-15(35-17)18(30)26-10-11-3-5-12(6-4-11)22(23,24)25/h3-9H,10H2,1-2H3,(H,26,30)(H,27,32). The Morgan fingerprint density at radius 3 is 2.46 bits per heavy atom. The van der Waals surface area contributed by atoms with Gasteiger partial charge in [-0.1, -0.05) is 12.1 Å². The molecule has 4 aromatic rings. The fraction of sp³-hybridized carbons (Fsp3) is 0.182. The number of halogens is 3. The molecule has 3 aromatic heterocycles. The van der Waals surface area contributed by atoms with E-state index in [-0.39, 0.29) is 33.3 Å². The number of thiophene rings is 1. The van der Waals surface area contributed by atoms with E-state index in [1.165, 1.54) is 44.6 Å². The number of alkyl halides is 3. The second-order valence-corrected chi connectivity index (χ2v) is 8.23. The van der Waals surface area contributed by atoms with Crippen LogP contribution in [-0.4, -0.2) is 34.7 Å². The van der Waals surface area contributed by atoms with Crippen LogP contribution in [0.1, 0.15) is 20.8 Å². The smallest absolute Gasteiger partial charge is 0.416 e. The number of methoxy groups -OCH3 is 2. The van der Waals surface area contributed by atoms with Gasteiger partial charge in [0.2, 0.25) is 0 Å². The van der Waals surface area contributed by atoms with E-state index < -0.39 is 28.9 Å². The third-order valence-corrected chi connectivity index (χ3v) is 6.11. The van der Waals surface area contributed by atoms with Crippen LogP contribution in [0.15, 0.2) is 52.1 Å². The van der Waals surface area contributed by atoms with E-state index in [9.17, 15) is 27.6 Å². The molecule has 9 nitrogen and oxygen atoms in total. The van der Waals surface area contributed by atoms with Gasteiger partial charge in [-0.05, 0) is 35.9 Å². The van der Waals surface area contributed by atoms with Gasteiger partial charge in [0, 0.05) is 6.54 Å². The summed E-state index contributed by atoms with van der Waals surface area (Å²) in [6, 6.07) is 8.64. The number of hydrogen-bond donors (Lipinski definition) is 2. The fourth-order valence-corrected chi connectivity index (χ4v) is 4.21. The molecule has 3 heterocycles. The number of amides is 1. The third-order valence-electron chi connectivity index (χ3n) is 4.99. The minimum absolute atomic E-state index is 0.00231. The van der Waals surface area contributed by atoms with Crippen LogP contribution in [0.2, 0.25) is 0 Å². The van der Waals surface area contributed by atoms with Crippen molar-refractivity contribution in [3.8, 4) is 17.4 Å². The summed E-state index contributed by atoms with van der Waals surface area (Å²) in [6.07, 6.45) is -4.45. The van der Waals surface area contributed by atoms with Crippen LogP contribution in [0.5, 0.6) is 11.6 Å². The van der Waals surface area contributed by atoms with Crippen molar-refractivity contribution in [1.29, 1.82) is 0 Å². The lowest BCUT2D eigenvalue weighted by atomic mass is 10.1. The van der Waals surface area contributed by atoms with Crippen LogP contribution in [0, 0.1) is 0 Å². The SMILES string of the molecule is COc1ccc(-n2c(=O)[nH]c3cc(C(=O)NCc4ccc(C(F)(F)F)cc4)sc3c2=O)nc1OC. The number of ether oxygens (including phenoxy) is 2. The molecule has 0 saturated carbocycles. The van der Waals surface area contributed by atoms with Crippen molar-refractivity contribution < 1.29 is 27.4 Å². The Bertz CT molecular complexity index is 1520. The van der Waals surface area contributed by atoms with E-state index in [1.807, 2.05) is 0 Å². The van der Waals surface area contributed by atoms with Gasteiger partial charge >= 0.3 is 11.9 Å². The Balaban J connectivity index is 1.60. The molecule has 0 atom stereocenters. The van der Waals surface area contributed by atoms with Gasteiger partial charge in [-0.3, -0.25) is 9.59 Å². The predicted molar refractivity (Wildman–Crippen MR) is 122 cm³/mol. The van der Waals surface area contributed by atoms with E-state index in [2.05, 4.69) is 15.3 Å². The minimum atomic E-state index is -4.45. The molecule has 0 bridgehead atoms. The maximum Gasteiger partial charge on any atom is 0.416 e. The fourth-order valence-electron chi connectivity index (χ4n) is 3.25. The zero-order valence-corrected chi connectivity index (χ0v) is 19.0. The maximum absolute atomic E-state index is 13.0. The monoisotopic (exact) mass is 506 g/mol. The molecule has 0 spiro atoms. The van der Waals surface area contributed by atoms with Crippen molar-refractivity contribution in [2.75, 3.05) is 14.2 Å². The zero-order valence-electron chi connectivity index (χ0n) is 18.2. The van der Waals surface area contributed by atoms with Gasteiger partial charge in [0.25, 0.3) is 17.3 Å². The van der Waals surface area contributed by atoms with Crippen LogP contribution >= 0.6 is 11.3 Å². The van der Waals surface area contributed by atoms with Crippen LogP contribution in [0.25, 0.3) is 16.0 Å². The van der Waals surface area contributed by atoms with Crippen LogP contribution < -0.4 is 26.0 Å². The second kappa shape index (κ2) is 9.25. The molecule has 0 aliphatic rings. The molecular weight excluding hydrogens is 489 g/mol. The van der Waals surface area contributed by atoms with Crippen LogP contribution in [0.4, 0.5) is 13.2 Å². The topological polar surface area (TPSA) is 115 Å². The van der Waals surface area contributed by atoms with Gasteiger partial charge in [0.05, 0.1) is 30.2 Å². The first kappa shape index (κ1) is 24.0. The molecule has 0 radical (unpaired) electrons. The number of benzene rings is 1. The first-order valence-electron chi connectivity index (χ1n) is 9.95. The molecule has 4 rings (SSSR count). The second-order valence-electron chi connectivity index (χ2n) is 7.18. The Morgan fingerprint density at radius 2 is 1.83 bits per heavy atom. The summed E-state index contributed by atoms with van der Waals surface area (Å²) in [5.74, 6) is -0.171. The summed E-state index contributed by atoms with van der Waals surface area (Å²) in [5.41, 5.74) is -1.61. The molecule has 0 saturated heterocycles. The average molecular weight is 506 g/mol. The quantitative estimate of drug-likeness (QED) is 0.415. The van der Waals surface area contributed by atoms with Crippen molar-refractivity contribution in [2.24, 2.45) is 0 Å². The van der Waals surface area contributed by atoms with Crippen molar-refractivity contribution in [2.45, 2.75) is 12.7 Å². The van der Waals surface area contributed by atoms with Gasteiger partial charge in [0.15, 0.2) is 5.75 Å². The predicted octanol–water partition coefficient (Wildman–Crippen LogP) is 3.10. The highest BCUT2D eigenvalue weighted by molar-refractivity contribution is 7.20. The lowest BCUT2D eigenvalue weighted by molar-refractivity contribution is -0.137. The lowest BCUT2D eigenvalue weighted by Crippen LogP contribution is -2.33. The number of H-pyrrole nitrogens is 1. The Morgan fingerprint density at radius 1 is 1.11 bits per heavy atom. The van der Waals surface area contributed by atoms with E-state index in [0.29, 0.717) is 11.3 Å². The average Bonchev–Trinajstić information content (AvgIpc) is 3.26. The van der Waals surface area contributed by atoms with Crippen molar-refractivity contribution in [3.63, 3.8) is 0 Å². The first-order valence-corrected chi connectivity index (χ1v) is 10.8. The largest absolute Gasteiger partial charge is 0.491 e. The highest BCUT2D eigenvalue weighted by atomic mass is 32.1.